The maximum atomic E-state index is 5.96. The summed E-state index contributed by atoms with van der Waals surface area (Å²) in [5.74, 6) is 0. The molecule has 101 heavy (non-hydrogen) atoms. The van der Waals surface area contributed by atoms with Gasteiger partial charge in [-0.25, -0.2) is 9.98 Å². The van der Waals surface area contributed by atoms with Gasteiger partial charge in [0.15, 0.2) is 22.1 Å². The molecule has 0 fully saturated rings. The Morgan fingerprint density at radius 2 is 0.604 bits per heavy atom. The molecule has 0 unspecified atom stereocenters. The van der Waals surface area contributed by atoms with Crippen molar-refractivity contribution in [1.82, 2.24) is 30.6 Å². The molecule has 0 aromatic carbocycles. The molecule has 0 amide bonds. The lowest BCUT2D eigenvalue weighted by atomic mass is 9.95. The van der Waals surface area contributed by atoms with Gasteiger partial charge in [-0.2, -0.15) is 0 Å². The number of fused-ring (bicyclic) bond motifs is 14. The van der Waals surface area contributed by atoms with Crippen LogP contribution in [0.1, 0.15) is 319 Å². The molecule has 11 rings (SSSR count). The van der Waals surface area contributed by atoms with E-state index in [4.69, 9.17) is 9.98 Å². The SMILES string of the molecule is CCCCCCC1=C2C=CC3=NC(=c4cc(CCCCCC)c([nH]4)=CC=c4[nH]c(cc4CCCCCC)=C([CH+]1)N2)C(c1ccc(C2=C(CCCCCC)C4=NC2=c2cc(CCCCCC)c([nH]2)=CC=c2[nH]c(cc2CCCCCC)=C2[CH+]C(CCCCCC)=C(C=C4)N2)s1)=C3CCCCCC. The highest BCUT2D eigenvalue weighted by atomic mass is 32.1. The van der Waals surface area contributed by atoms with Crippen molar-refractivity contribution in [3.05, 3.63) is 182 Å². The summed E-state index contributed by atoms with van der Waals surface area (Å²) in [7, 11) is 0. The third-order valence-corrected chi connectivity index (χ3v) is 23.1. The minimum atomic E-state index is 0.962. The molecule has 6 aliphatic rings. The summed E-state index contributed by atoms with van der Waals surface area (Å²) in [4.78, 5) is 30.7. The monoisotopic (exact) mass is 1370 g/mol. The molecule has 0 atom stereocenters. The van der Waals surface area contributed by atoms with Crippen molar-refractivity contribution >= 4 is 81.0 Å². The van der Waals surface area contributed by atoms with Crippen LogP contribution in [0.3, 0.4) is 0 Å². The van der Waals surface area contributed by atoms with Crippen molar-refractivity contribution < 1.29 is 0 Å². The number of rotatable bonds is 42. The number of aryl methyl sites for hydroxylation is 4. The Morgan fingerprint density at radius 3 is 0.921 bits per heavy atom. The highest BCUT2D eigenvalue weighted by Crippen LogP contribution is 2.46. The lowest BCUT2D eigenvalue weighted by Gasteiger charge is -2.09. The van der Waals surface area contributed by atoms with Crippen LogP contribution >= 0.6 is 11.3 Å². The Hall–Kier alpha value is -7.10. The van der Waals surface area contributed by atoms with Crippen LogP contribution in [0, 0.1) is 12.8 Å². The number of hydrogen-bond donors (Lipinski definition) is 6. The van der Waals surface area contributed by atoms with Gasteiger partial charge in [-0.1, -0.05) is 209 Å². The third kappa shape index (κ3) is 19.6. The highest BCUT2D eigenvalue weighted by Gasteiger charge is 2.33. The number of H-pyrrole nitrogens is 4. The Morgan fingerprint density at radius 1 is 0.317 bits per heavy atom. The molecule has 6 N–H and O–H groups in total. The minimum Gasteiger partial charge on any atom is -0.354 e. The fraction of sp³-hybridized carbons (Fsp3) is 0.522. The zero-order chi connectivity index (χ0) is 70.1. The van der Waals surface area contributed by atoms with Crippen molar-refractivity contribution in [2.24, 2.45) is 9.98 Å². The van der Waals surface area contributed by atoms with E-state index in [1.165, 1.54) is 300 Å². The van der Waals surface area contributed by atoms with Crippen molar-refractivity contribution in [2.75, 3.05) is 0 Å². The van der Waals surface area contributed by atoms with Gasteiger partial charge in [0.2, 0.25) is 0 Å². The van der Waals surface area contributed by atoms with Gasteiger partial charge in [-0.05, 0) is 197 Å². The Labute approximate surface area is 612 Å². The van der Waals surface area contributed by atoms with Gasteiger partial charge in [0.25, 0.3) is 0 Å². The van der Waals surface area contributed by atoms with Gasteiger partial charge in [0, 0.05) is 55.9 Å². The summed E-state index contributed by atoms with van der Waals surface area (Å²) in [6.45, 7) is 18.6. The first-order valence-electron chi connectivity index (χ1n) is 41.3. The van der Waals surface area contributed by atoms with E-state index in [-0.39, 0.29) is 0 Å². The molecule has 6 aliphatic heterocycles. The molecule has 0 spiro atoms. The van der Waals surface area contributed by atoms with E-state index in [1.54, 1.807) is 0 Å². The fourth-order valence-corrected chi connectivity index (χ4v) is 17.1. The zero-order valence-corrected chi connectivity index (χ0v) is 64.6. The molecular formula is C92H126N8S+2. The van der Waals surface area contributed by atoms with Crippen LogP contribution in [0.5, 0.6) is 0 Å². The first-order valence-corrected chi connectivity index (χ1v) is 42.1. The van der Waals surface area contributed by atoms with Crippen molar-refractivity contribution in [1.29, 1.82) is 0 Å². The molecule has 5 aromatic rings. The molecule has 5 aromatic heterocycles. The van der Waals surface area contributed by atoms with Gasteiger partial charge in [0.05, 0.1) is 68.2 Å². The highest BCUT2D eigenvalue weighted by molar-refractivity contribution is 7.14. The number of nitrogens with one attached hydrogen (secondary N) is 6. The van der Waals surface area contributed by atoms with E-state index in [1.807, 2.05) is 11.3 Å². The number of aliphatic imine (C=N–C) groups is 2. The van der Waals surface area contributed by atoms with E-state index in [0.717, 1.165) is 111 Å². The van der Waals surface area contributed by atoms with Crippen LogP contribution in [0.15, 0.2) is 104 Å². The normalized spacial score (nSPS) is 15.6. The third-order valence-electron chi connectivity index (χ3n) is 22.0. The zero-order valence-electron chi connectivity index (χ0n) is 63.8. The average Bonchev–Trinajstić information content (AvgIpc) is 1.61. The van der Waals surface area contributed by atoms with Crippen molar-refractivity contribution in [2.45, 2.75) is 312 Å². The van der Waals surface area contributed by atoms with E-state index in [9.17, 15) is 0 Å². The van der Waals surface area contributed by atoms with Crippen LogP contribution < -0.4 is 53.4 Å². The number of aromatic nitrogens is 4. The lowest BCUT2D eigenvalue weighted by molar-refractivity contribution is 0.666. The van der Waals surface area contributed by atoms with Gasteiger partial charge in [-0.15, -0.1) is 11.3 Å². The predicted octanol–water partition coefficient (Wildman–Crippen LogP) is 19.5. The van der Waals surface area contributed by atoms with E-state index in [0.29, 0.717) is 0 Å². The molecular weight excluding hydrogens is 1250 g/mol. The Balaban J connectivity index is 1.14. The average molecular weight is 1380 g/mol. The van der Waals surface area contributed by atoms with E-state index >= 15 is 0 Å². The number of unbranched alkanes of at least 4 members (excludes halogenated alkanes) is 24. The van der Waals surface area contributed by atoms with Crippen LogP contribution in [0.25, 0.3) is 58.2 Å². The molecule has 0 saturated carbocycles. The van der Waals surface area contributed by atoms with Gasteiger partial charge in [-0.3, -0.25) is 10.6 Å². The molecule has 16 bridgehead atoms. The number of aromatic amines is 4. The smallest absolute Gasteiger partial charge is 0.186 e. The second kappa shape index (κ2) is 39.0. The predicted molar refractivity (Wildman–Crippen MR) is 438 cm³/mol. The number of nitrogens with zero attached hydrogens (tertiary/aromatic N) is 2. The summed E-state index contributed by atoms with van der Waals surface area (Å²) >= 11 is 1.97. The molecule has 8 nitrogen and oxygen atoms in total. The van der Waals surface area contributed by atoms with E-state index < -0.39 is 0 Å². The summed E-state index contributed by atoms with van der Waals surface area (Å²) < 4.78 is 0. The quantitative estimate of drug-likeness (QED) is 0.0173. The van der Waals surface area contributed by atoms with Crippen LogP contribution in [-0.4, -0.2) is 31.4 Å². The number of thiophene rings is 1. The summed E-state index contributed by atoms with van der Waals surface area (Å²) in [6, 6.07) is 14.8. The standard InChI is InChI=1S/C92H126N8S/c1-9-17-25-33-41-65-59-81-83-61-67(43-35-27-19-11-3)75(95-83)53-55-79-71(47-39-31-23-15-7)89(91(99-79)85-63-69(45-37-29-21-13-5)77(97-85)51-49-73(65)93-81)87-57-58-88(101-87)90-72(48-40-32-24-16-8)80-56-54-76-68(44-36-28-20-12-4)62-84(96-76)82-60-66(42-34-26-18-10-2)74(94-82)50-52-78-70(46-38-30-22-14-6)64-86(98-78)92(90)100-80/h49-64,93-98H,9-48H2,1-8H3/q+2. The lowest BCUT2D eigenvalue weighted by Crippen LogP contribution is -2.19. The summed E-state index contributed by atoms with van der Waals surface area (Å²) in [6.07, 6.45) is 71.2. The second-order valence-electron chi connectivity index (χ2n) is 30.1. The number of allylic oxidation sites excluding steroid dienone is 6. The maximum absolute atomic E-state index is 5.96. The topological polar surface area (TPSA) is 112 Å². The second-order valence-corrected chi connectivity index (χ2v) is 31.2. The molecule has 0 aliphatic carbocycles. The first kappa shape index (κ1) is 75.1. The molecule has 9 heteroatoms. The molecule has 0 radical (unpaired) electrons. The summed E-state index contributed by atoms with van der Waals surface area (Å²) in [5, 5.41) is 17.5. The number of hydrogen-bond acceptors (Lipinski definition) is 5. The van der Waals surface area contributed by atoms with Crippen LogP contribution in [-0.2, 0) is 25.7 Å². The molecule has 538 valence electrons. The van der Waals surface area contributed by atoms with Gasteiger partial charge >= 0.3 is 0 Å². The molecule has 0 saturated heterocycles. The van der Waals surface area contributed by atoms with Gasteiger partial charge < -0.3 is 19.9 Å². The largest absolute Gasteiger partial charge is 0.354 e. The Bertz CT molecular complexity index is 4140. The Kier molecular flexibility index (Phi) is 29.0. The van der Waals surface area contributed by atoms with Gasteiger partial charge in [0.1, 0.15) is 11.4 Å². The minimum absolute atomic E-state index is 0.962. The molecule has 11 heterocycles. The van der Waals surface area contributed by atoms with Crippen molar-refractivity contribution in [3.63, 3.8) is 0 Å². The van der Waals surface area contributed by atoms with E-state index in [2.05, 4.69) is 184 Å². The first-order chi connectivity index (χ1) is 49.8. The van der Waals surface area contributed by atoms with Crippen LogP contribution in [0.2, 0.25) is 0 Å². The van der Waals surface area contributed by atoms with Crippen LogP contribution in [0.4, 0.5) is 0 Å². The maximum Gasteiger partial charge on any atom is 0.186 e. The fourth-order valence-electron chi connectivity index (χ4n) is 16.0. The van der Waals surface area contributed by atoms with Crippen molar-refractivity contribution in [3.8, 4) is 0 Å². The summed E-state index contributed by atoms with van der Waals surface area (Å²) in [5.41, 5.74) is 22.7.